The number of ether oxygens (including phenoxy) is 1. The van der Waals surface area contributed by atoms with Crippen molar-refractivity contribution in [2.24, 2.45) is 11.7 Å². The van der Waals surface area contributed by atoms with E-state index >= 15 is 0 Å². The number of amidine groups is 1. The molecule has 1 amide bonds. The number of nitrogens with two attached hydrogens (primary N) is 1. The van der Waals surface area contributed by atoms with Gasteiger partial charge < -0.3 is 15.4 Å². The first-order valence-electron chi connectivity index (χ1n) is 9.37. The summed E-state index contributed by atoms with van der Waals surface area (Å²) in [6.07, 6.45) is 1.67. The van der Waals surface area contributed by atoms with Crippen molar-refractivity contribution in [3.05, 3.63) is 59.7 Å². The summed E-state index contributed by atoms with van der Waals surface area (Å²) in [5.74, 6) is -0.139. The fraction of sp³-hybridized carbons (Fsp3) is 0.318. The average Bonchev–Trinajstić information content (AvgIpc) is 2.74. The van der Waals surface area contributed by atoms with Gasteiger partial charge in [0.1, 0.15) is 5.84 Å². The van der Waals surface area contributed by atoms with Crippen molar-refractivity contribution in [3.63, 3.8) is 0 Å². The predicted molar refractivity (Wildman–Crippen MR) is 108 cm³/mol. The number of carbonyl (C=O) groups is 2. The van der Waals surface area contributed by atoms with Gasteiger partial charge in [0.15, 0.2) is 0 Å². The van der Waals surface area contributed by atoms with E-state index in [2.05, 4.69) is 0 Å². The predicted octanol–water partition coefficient (Wildman–Crippen LogP) is 2.59. The van der Waals surface area contributed by atoms with Crippen LogP contribution in [0.3, 0.4) is 0 Å². The Morgan fingerprint density at radius 1 is 1.04 bits per heavy atom. The van der Waals surface area contributed by atoms with E-state index in [1.165, 1.54) is 7.11 Å². The Morgan fingerprint density at radius 3 is 2.07 bits per heavy atom. The highest BCUT2D eigenvalue weighted by Gasteiger charge is 2.27. The van der Waals surface area contributed by atoms with Crippen molar-refractivity contribution in [2.75, 3.05) is 20.2 Å². The number of esters is 1. The smallest absolute Gasteiger partial charge is 0.308 e. The van der Waals surface area contributed by atoms with Crippen molar-refractivity contribution in [2.45, 2.75) is 19.3 Å². The molecule has 1 aliphatic heterocycles. The van der Waals surface area contributed by atoms with Crippen LogP contribution in [-0.2, 0) is 20.7 Å². The van der Waals surface area contributed by atoms with Crippen molar-refractivity contribution in [1.29, 1.82) is 5.41 Å². The summed E-state index contributed by atoms with van der Waals surface area (Å²) >= 11 is 0. The summed E-state index contributed by atoms with van der Waals surface area (Å²) in [5.41, 5.74) is 9.22. The number of amides is 1. The van der Waals surface area contributed by atoms with Crippen LogP contribution in [-0.4, -0.2) is 42.8 Å². The van der Waals surface area contributed by atoms with E-state index in [0.717, 1.165) is 16.7 Å². The number of nitrogen functional groups attached to an aromatic ring is 1. The van der Waals surface area contributed by atoms with E-state index < -0.39 is 0 Å². The molecule has 3 rings (SSSR count). The van der Waals surface area contributed by atoms with Crippen LogP contribution in [0.2, 0.25) is 0 Å². The molecule has 1 heterocycles. The van der Waals surface area contributed by atoms with Gasteiger partial charge >= 0.3 is 5.97 Å². The van der Waals surface area contributed by atoms with E-state index in [0.29, 0.717) is 37.9 Å². The Kier molecular flexibility index (Phi) is 6.09. The van der Waals surface area contributed by atoms with Crippen LogP contribution >= 0.6 is 0 Å². The first-order chi connectivity index (χ1) is 13.5. The lowest BCUT2D eigenvalue weighted by Crippen LogP contribution is -2.41. The Bertz CT molecular complexity index is 852. The summed E-state index contributed by atoms with van der Waals surface area (Å²) in [4.78, 5) is 26.0. The SMILES string of the molecule is COC(=O)C1CCN(C(=O)Cc2ccc(-c3ccc(C(=N)N)cc3)cc2)CC1. The highest BCUT2D eigenvalue weighted by Crippen LogP contribution is 2.22. The van der Waals surface area contributed by atoms with Crippen LogP contribution in [0.1, 0.15) is 24.0 Å². The molecule has 0 spiro atoms. The van der Waals surface area contributed by atoms with Gasteiger partial charge in [0, 0.05) is 18.7 Å². The molecule has 1 aliphatic rings. The van der Waals surface area contributed by atoms with Crippen LogP contribution in [0.15, 0.2) is 48.5 Å². The van der Waals surface area contributed by atoms with Crippen molar-refractivity contribution < 1.29 is 14.3 Å². The molecular weight excluding hydrogens is 354 g/mol. The van der Waals surface area contributed by atoms with E-state index in [4.69, 9.17) is 15.9 Å². The lowest BCUT2D eigenvalue weighted by atomic mass is 9.96. The fourth-order valence-corrected chi connectivity index (χ4v) is 3.47. The van der Waals surface area contributed by atoms with Gasteiger partial charge in [0.25, 0.3) is 0 Å². The summed E-state index contributed by atoms with van der Waals surface area (Å²) < 4.78 is 4.79. The molecule has 3 N–H and O–H groups in total. The van der Waals surface area contributed by atoms with Gasteiger partial charge in [-0.1, -0.05) is 48.5 Å². The Balaban J connectivity index is 1.57. The monoisotopic (exact) mass is 379 g/mol. The summed E-state index contributed by atoms with van der Waals surface area (Å²) in [6.45, 7) is 1.19. The second-order valence-corrected chi connectivity index (χ2v) is 7.04. The normalized spacial score (nSPS) is 14.5. The van der Waals surface area contributed by atoms with Crippen LogP contribution in [0, 0.1) is 11.3 Å². The average molecular weight is 379 g/mol. The first kappa shape index (κ1) is 19.6. The third kappa shape index (κ3) is 4.57. The van der Waals surface area contributed by atoms with E-state index in [1.54, 1.807) is 0 Å². The molecule has 0 unspecified atom stereocenters. The molecule has 0 radical (unpaired) electrons. The van der Waals surface area contributed by atoms with Crippen molar-refractivity contribution >= 4 is 17.7 Å². The van der Waals surface area contributed by atoms with Gasteiger partial charge in [-0.15, -0.1) is 0 Å². The Morgan fingerprint density at radius 2 is 1.57 bits per heavy atom. The van der Waals surface area contributed by atoms with Crippen LogP contribution in [0.5, 0.6) is 0 Å². The van der Waals surface area contributed by atoms with Gasteiger partial charge in [-0.05, 0) is 29.5 Å². The Hall–Kier alpha value is -3.15. The van der Waals surface area contributed by atoms with Gasteiger partial charge in [0.2, 0.25) is 5.91 Å². The summed E-state index contributed by atoms with van der Waals surface area (Å²) in [5, 5.41) is 7.45. The zero-order chi connectivity index (χ0) is 20.1. The molecule has 0 aliphatic carbocycles. The van der Waals surface area contributed by atoms with E-state index in [-0.39, 0.29) is 23.6 Å². The second-order valence-electron chi connectivity index (χ2n) is 7.04. The first-order valence-corrected chi connectivity index (χ1v) is 9.37. The number of benzene rings is 2. The molecule has 28 heavy (non-hydrogen) atoms. The van der Waals surface area contributed by atoms with Crippen LogP contribution in [0.25, 0.3) is 11.1 Å². The number of likely N-dealkylation sites (tertiary alicyclic amines) is 1. The molecule has 2 aromatic carbocycles. The lowest BCUT2D eigenvalue weighted by Gasteiger charge is -2.30. The minimum Gasteiger partial charge on any atom is -0.469 e. The molecule has 146 valence electrons. The molecule has 0 saturated carbocycles. The number of hydrogen-bond acceptors (Lipinski definition) is 4. The van der Waals surface area contributed by atoms with Gasteiger partial charge in [-0.25, -0.2) is 0 Å². The van der Waals surface area contributed by atoms with E-state index in [9.17, 15) is 9.59 Å². The minimum absolute atomic E-state index is 0.0519. The van der Waals surface area contributed by atoms with E-state index in [1.807, 2.05) is 53.4 Å². The summed E-state index contributed by atoms with van der Waals surface area (Å²) in [6, 6.07) is 15.4. The maximum atomic E-state index is 12.5. The number of nitrogens with one attached hydrogen (secondary N) is 1. The van der Waals surface area contributed by atoms with Crippen molar-refractivity contribution in [1.82, 2.24) is 4.90 Å². The third-order valence-electron chi connectivity index (χ3n) is 5.22. The topological polar surface area (TPSA) is 96.5 Å². The second kappa shape index (κ2) is 8.69. The maximum absolute atomic E-state index is 12.5. The van der Waals surface area contributed by atoms with Gasteiger partial charge in [0.05, 0.1) is 19.4 Å². The molecule has 0 aromatic heterocycles. The largest absolute Gasteiger partial charge is 0.469 e. The van der Waals surface area contributed by atoms with Crippen LogP contribution < -0.4 is 5.73 Å². The lowest BCUT2D eigenvalue weighted by molar-refractivity contribution is -0.148. The standard InChI is InChI=1S/C22H25N3O3/c1-28-22(27)19-10-12-25(13-11-19)20(26)14-15-2-4-16(5-3-15)17-6-8-18(9-7-17)21(23)24/h2-9,19H,10-14H2,1H3,(H3,23,24). The third-order valence-corrected chi connectivity index (χ3v) is 5.22. The molecule has 6 heteroatoms. The Labute approximate surface area is 164 Å². The van der Waals surface area contributed by atoms with Crippen LogP contribution in [0.4, 0.5) is 0 Å². The molecule has 2 aromatic rings. The van der Waals surface area contributed by atoms with Gasteiger partial charge in [-0.2, -0.15) is 0 Å². The number of methoxy groups -OCH3 is 1. The minimum atomic E-state index is -0.181. The maximum Gasteiger partial charge on any atom is 0.308 e. The molecule has 0 bridgehead atoms. The zero-order valence-corrected chi connectivity index (χ0v) is 16.0. The number of carbonyl (C=O) groups excluding carboxylic acids is 2. The zero-order valence-electron chi connectivity index (χ0n) is 16.0. The van der Waals surface area contributed by atoms with Gasteiger partial charge in [-0.3, -0.25) is 15.0 Å². The highest BCUT2D eigenvalue weighted by molar-refractivity contribution is 5.95. The highest BCUT2D eigenvalue weighted by atomic mass is 16.5. The van der Waals surface area contributed by atoms with Crippen molar-refractivity contribution in [3.8, 4) is 11.1 Å². The summed E-state index contributed by atoms with van der Waals surface area (Å²) in [7, 11) is 1.40. The quantitative estimate of drug-likeness (QED) is 0.474. The molecule has 1 fully saturated rings. The number of hydrogen-bond donors (Lipinski definition) is 2. The number of rotatable bonds is 5. The fourth-order valence-electron chi connectivity index (χ4n) is 3.47. The molecule has 1 saturated heterocycles. The molecular formula is C22H25N3O3. The number of nitrogens with zero attached hydrogens (tertiary/aromatic N) is 1. The number of piperidine rings is 1. The molecule has 6 nitrogen and oxygen atoms in total. The molecule has 0 atom stereocenters.